The molecule has 5 nitrogen and oxygen atoms in total. The van der Waals surface area contributed by atoms with Gasteiger partial charge in [-0.25, -0.2) is 4.18 Å². The van der Waals surface area contributed by atoms with Crippen LogP contribution >= 0.6 is 0 Å². The molecule has 1 N–H and O–H groups in total. The summed E-state index contributed by atoms with van der Waals surface area (Å²) in [5, 5.41) is 1.65. The minimum absolute atomic E-state index is 0.228. The van der Waals surface area contributed by atoms with E-state index in [-0.39, 0.29) is 11.3 Å². The second kappa shape index (κ2) is 7.69. The maximum atomic E-state index is 12.7. The highest BCUT2D eigenvalue weighted by atomic mass is 32.2. The van der Waals surface area contributed by atoms with Crippen LogP contribution < -0.4 is 5.32 Å². The number of amides is 1. The minimum Gasteiger partial charge on any atom is -0.319 e. The van der Waals surface area contributed by atoms with E-state index in [1.54, 1.807) is 42.6 Å². The van der Waals surface area contributed by atoms with Gasteiger partial charge in [0.05, 0.1) is 4.90 Å². The van der Waals surface area contributed by atoms with Gasteiger partial charge in [-0.3, -0.25) is 4.79 Å². The van der Waals surface area contributed by atoms with Crippen LogP contribution in [0.5, 0.6) is 0 Å². The highest BCUT2D eigenvalue weighted by Crippen LogP contribution is 2.25. The average Bonchev–Trinajstić information content (AvgIpc) is 2.54. The molecular formula is C18H18F3NO4S. The number of rotatable bonds is 6. The topological polar surface area (TPSA) is 72.5 Å². The van der Waals surface area contributed by atoms with E-state index in [0.717, 1.165) is 12.5 Å². The van der Waals surface area contributed by atoms with E-state index in [0.29, 0.717) is 5.56 Å². The van der Waals surface area contributed by atoms with Crippen LogP contribution in [0, 0.1) is 6.92 Å². The van der Waals surface area contributed by atoms with Crippen molar-refractivity contribution in [3.05, 3.63) is 65.7 Å². The van der Waals surface area contributed by atoms with Crippen LogP contribution in [0.15, 0.2) is 59.5 Å². The van der Waals surface area contributed by atoms with Gasteiger partial charge in [-0.15, -0.1) is 0 Å². The summed E-state index contributed by atoms with van der Waals surface area (Å²) in [5.41, 5.74) is -0.856. The van der Waals surface area contributed by atoms with Crippen molar-refractivity contribution in [1.29, 1.82) is 0 Å². The Hall–Kier alpha value is -2.39. The molecule has 0 fully saturated rings. The SMILES string of the molecule is Cc1ccc(S(=O)(=O)OC(C)(Cc2ccccc2)NC(=O)C(F)(F)F)cc1. The maximum Gasteiger partial charge on any atom is 0.471 e. The van der Waals surface area contributed by atoms with Crippen LogP contribution in [0.2, 0.25) is 0 Å². The van der Waals surface area contributed by atoms with Crippen molar-refractivity contribution in [2.45, 2.75) is 37.1 Å². The third-order valence-corrected chi connectivity index (χ3v) is 5.06. The lowest BCUT2D eigenvalue weighted by Gasteiger charge is -2.30. The third kappa shape index (κ3) is 5.80. The van der Waals surface area contributed by atoms with E-state index in [2.05, 4.69) is 0 Å². The lowest BCUT2D eigenvalue weighted by Crippen LogP contribution is -2.54. The number of halogens is 3. The number of benzene rings is 2. The number of carbonyl (C=O) groups is 1. The normalized spacial score (nSPS) is 14.4. The number of alkyl halides is 3. The third-order valence-electron chi connectivity index (χ3n) is 3.62. The van der Waals surface area contributed by atoms with Gasteiger partial charge < -0.3 is 5.32 Å². The van der Waals surface area contributed by atoms with Crippen molar-refractivity contribution in [3.8, 4) is 0 Å². The summed E-state index contributed by atoms with van der Waals surface area (Å²) in [6.45, 7) is 2.83. The van der Waals surface area contributed by atoms with Gasteiger partial charge in [0.15, 0.2) is 5.72 Å². The molecule has 0 saturated carbocycles. The largest absolute Gasteiger partial charge is 0.471 e. The Morgan fingerprint density at radius 1 is 1.04 bits per heavy atom. The molecule has 2 rings (SSSR count). The molecule has 0 radical (unpaired) electrons. The molecule has 0 aliphatic heterocycles. The summed E-state index contributed by atoms with van der Waals surface area (Å²) in [7, 11) is -4.43. The lowest BCUT2D eigenvalue weighted by atomic mass is 10.0. The first-order valence-electron chi connectivity index (χ1n) is 7.87. The molecule has 27 heavy (non-hydrogen) atoms. The Morgan fingerprint density at radius 2 is 1.59 bits per heavy atom. The van der Waals surface area contributed by atoms with E-state index in [1.807, 2.05) is 0 Å². The average molecular weight is 401 g/mol. The standard InChI is InChI=1S/C18H18F3NO4S/c1-13-8-10-15(11-9-13)27(24,25)26-17(2,22-16(23)18(19,20)21)12-14-6-4-3-5-7-14/h3-11H,12H2,1-2H3,(H,22,23). The number of carbonyl (C=O) groups excluding carboxylic acids is 1. The van der Waals surface area contributed by atoms with Crippen molar-refractivity contribution in [3.63, 3.8) is 0 Å². The molecular weight excluding hydrogens is 383 g/mol. The second-order valence-corrected chi connectivity index (χ2v) is 7.74. The number of hydrogen-bond donors (Lipinski definition) is 1. The second-order valence-electron chi connectivity index (χ2n) is 6.20. The molecule has 2 aromatic carbocycles. The van der Waals surface area contributed by atoms with Crippen LogP contribution in [0.25, 0.3) is 0 Å². The van der Waals surface area contributed by atoms with Gasteiger partial charge >= 0.3 is 12.1 Å². The Labute approximate surface area is 155 Å². The number of aryl methyl sites for hydroxylation is 1. The van der Waals surface area contributed by atoms with Gasteiger partial charge in [0, 0.05) is 6.42 Å². The molecule has 1 unspecified atom stereocenters. The fourth-order valence-corrected chi connectivity index (χ4v) is 3.54. The molecule has 0 bridgehead atoms. The first-order chi connectivity index (χ1) is 12.4. The van der Waals surface area contributed by atoms with E-state index in [9.17, 15) is 26.4 Å². The zero-order valence-electron chi connectivity index (χ0n) is 14.6. The molecule has 0 aliphatic rings. The summed E-state index contributed by atoms with van der Waals surface area (Å²) in [4.78, 5) is 11.2. The van der Waals surface area contributed by atoms with Crippen LogP contribution in [0.1, 0.15) is 18.1 Å². The fourth-order valence-electron chi connectivity index (χ4n) is 2.39. The highest BCUT2D eigenvalue weighted by Gasteiger charge is 2.44. The Balaban J connectivity index is 2.36. The summed E-state index contributed by atoms with van der Waals surface area (Å²) >= 11 is 0. The molecule has 0 saturated heterocycles. The van der Waals surface area contributed by atoms with Crippen molar-refractivity contribution >= 4 is 16.0 Å². The zero-order valence-corrected chi connectivity index (χ0v) is 15.4. The molecule has 1 atom stereocenters. The first kappa shape index (κ1) is 20.9. The summed E-state index contributed by atoms with van der Waals surface area (Å²) < 4.78 is 68.2. The molecule has 0 spiro atoms. The number of nitrogens with one attached hydrogen (secondary N) is 1. The molecule has 0 heterocycles. The Morgan fingerprint density at radius 3 is 2.11 bits per heavy atom. The smallest absolute Gasteiger partial charge is 0.319 e. The monoisotopic (exact) mass is 401 g/mol. The van der Waals surface area contributed by atoms with Crippen molar-refractivity contribution in [2.24, 2.45) is 0 Å². The van der Waals surface area contributed by atoms with Gasteiger partial charge in [0.25, 0.3) is 10.1 Å². The van der Waals surface area contributed by atoms with Gasteiger partial charge in [0.2, 0.25) is 0 Å². The van der Waals surface area contributed by atoms with E-state index >= 15 is 0 Å². The quantitative estimate of drug-likeness (QED) is 0.595. The summed E-state index contributed by atoms with van der Waals surface area (Å²) in [6, 6.07) is 13.7. The molecule has 146 valence electrons. The van der Waals surface area contributed by atoms with Crippen LogP contribution in [-0.2, 0) is 25.5 Å². The van der Waals surface area contributed by atoms with E-state index < -0.39 is 27.9 Å². The molecule has 0 aliphatic carbocycles. The molecule has 0 aromatic heterocycles. The van der Waals surface area contributed by atoms with E-state index in [4.69, 9.17) is 4.18 Å². The van der Waals surface area contributed by atoms with Gasteiger partial charge in [-0.2, -0.15) is 21.6 Å². The minimum atomic E-state index is -5.19. The molecule has 9 heteroatoms. The van der Waals surface area contributed by atoms with Crippen molar-refractivity contribution in [1.82, 2.24) is 5.32 Å². The first-order valence-corrected chi connectivity index (χ1v) is 9.28. The van der Waals surface area contributed by atoms with Gasteiger partial charge in [0.1, 0.15) is 0 Å². The van der Waals surface area contributed by atoms with Crippen molar-refractivity contribution in [2.75, 3.05) is 0 Å². The van der Waals surface area contributed by atoms with Crippen LogP contribution in [-0.4, -0.2) is 26.2 Å². The van der Waals surface area contributed by atoms with Crippen LogP contribution in [0.4, 0.5) is 13.2 Å². The predicted octanol–water partition coefficient (Wildman–Crippen LogP) is 3.34. The molecule has 2 aromatic rings. The van der Waals surface area contributed by atoms with Crippen LogP contribution in [0.3, 0.4) is 0 Å². The summed E-state index contributed by atoms with van der Waals surface area (Å²) in [5.74, 6) is -2.29. The fraction of sp³-hybridized carbons (Fsp3) is 0.278. The zero-order chi connectivity index (χ0) is 20.3. The maximum absolute atomic E-state index is 12.7. The predicted molar refractivity (Wildman–Crippen MR) is 92.2 cm³/mol. The highest BCUT2D eigenvalue weighted by molar-refractivity contribution is 7.86. The van der Waals surface area contributed by atoms with E-state index in [1.165, 1.54) is 24.3 Å². The summed E-state index contributed by atoms with van der Waals surface area (Å²) in [6.07, 6.45) is -5.48. The van der Waals surface area contributed by atoms with Gasteiger partial charge in [-0.1, -0.05) is 48.0 Å². The lowest BCUT2D eigenvalue weighted by molar-refractivity contribution is -0.178. The number of hydrogen-bond acceptors (Lipinski definition) is 4. The Kier molecular flexibility index (Phi) is 5.96. The van der Waals surface area contributed by atoms with Gasteiger partial charge in [-0.05, 0) is 31.5 Å². The Bertz CT molecular complexity index is 896. The van der Waals surface area contributed by atoms with Crippen molar-refractivity contribution < 1.29 is 30.6 Å². The molecule has 1 amide bonds.